The average molecular weight is 188 g/mol. The Morgan fingerprint density at radius 3 is 2.71 bits per heavy atom. The first-order valence-electron chi connectivity index (χ1n) is 4.51. The van der Waals surface area contributed by atoms with Crippen LogP contribution in [-0.4, -0.2) is 15.4 Å². The molecule has 0 aliphatic heterocycles. The third kappa shape index (κ3) is 1.97. The van der Waals surface area contributed by atoms with Crippen LogP contribution in [0.2, 0.25) is 0 Å². The Morgan fingerprint density at radius 1 is 1.29 bits per heavy atom. The molecule has 0 spiro atoms. The molecule has 3 N–H and O–H groups in total. The molecular weight excluding hydrogens is 176 g/mol. The van der Waals surface area contributed by atoms with Crippen LogP contribution in [0.3, 0.4) is 0 Å². The maximum atomic E-state index is 5.95. The van der Waals surface area contributed by atoms with Crippen molar-refractivity contribution in [1.29, 1.82) is 0 Å². The summed E-state index contributed by atoms with van der Waals surface area (Å²) in [6, 6.07) is 10.0. The summed E-state index contributed by atoms with van der Waals surface area (Å²) in [4.78, 5) is 0. The Kier molecular flexibility index (Phi) is 2.55. The summed E-state index contributed by atoms with van der Waals surface area (Å²) in [7, 11) is 0. The van der Waals surface area contributed by atoms with Gasteiger partial charge in [0.05, 0.1) is 17.9 Å². The zero-order valence-electron chi connectivity index (χ0n) is 7.72. The van der Waals surface area contributed by atoms with E-state index in [-0.39, 0.29) is 6.04 Å². The van der Waals surface area contributed by atoms with E-state index in [2.05, 4.69) is 27.5 Å². The Hall–Kier alpha value is -1.68. The number of rotatable bonds is 3. The molecule has 4 nitrogen and oxygen atoms in total. The average Bonchev–Trinajstić information content (AvgIpc) is 2.72. The first-order valence-corrected chi connectivity index (χ1v) is 4.51. The lowest BCUT2D eigenvalue weighted by atomic mass is 10.1. The van der Waals surface area contributed by atoms with Crippen molar-refractivity contribution < 1.29 is 0 Å². The van der Waals surface area contributed by atoms with Crippen molar-refractivity contribution in [2.45, 2.75) is 12.5 Å². The van der Waals surface area contributed by atoms with Gasteiger partial charge in [0.2, 0.25) is 0 Å². The van der Waals surface area contributed by atoms with Crippen LogP contribution in [0.15, 0.2) is 36.5 Å². The quantitative estimate of drug-likeness (QED) is 0.756. The fourth-order valence-corrected chi connectivity index (χ4v) is 1.36. The highest BCUT2D eigenvalue weighted by molar-refractivity contribution is 5.17. The van der Waals surface area contributed by atoms with Crippen molar-refractivity contribution in [2.75, 3.05) is 0 Å². The van der Waals surface area contributed by atoms with E-state index in [1.54, 1.807) is 6.20 Å². The summed E-state index contributed by atoms with van der Waals surface area (Å²) in [6.07, 6.45) is 2.45. The molecule has 4 heteroatoms. The number of hydrogen-bond acceptors (Lipinski definition) is 3. The van der Waals surface area contributed by atoms with Crippen LogP contribution in [-0.2, 0) is 6.42 Å². The fourth-order valence-electron chi connectivity index (χ4n) is 1.36. The SMILES string of the molecule is NC(Cc1ccccc1)c1cn[nH]n1. The van der Waals surface area contributed by atoms with E-state index in [9.17, 15) is 0 Å². The molecule has 1 unspecified atom stereocenters. The molecule has 0 radical (unpaired) electrons. The molecule has 2 rings (SSSR count). The number of H-pyrrole nitrogens is 1. The van der Waals surface area contributed by atoms with Crippen molar-refractivity contribution in [2.24, 2.45) is 5.73 Å². The van der Waals surface area contributed by atoms with E-state index >= 15 is 0 Å². The van der Waals surface area contributed by atoms with E-state index < -0.39 is 0 Å². The molecular formula is C10H12N4. The predicted octanol–water partition coefficient (Wildman–Crippen LogP) is 1.05. The largest absolute Gasteiger partial charge is 0.322 e. The fraction of sp³-hybridized carbons (Fsp3) is 0.200. The van der Waals surface area contributed by atoms with Crippen LogP contribution in [0.4, 0.5) is 0 Å². The maximum Gasteiger partial charge on any atom is 0.0995 e. The standard InChI is InChI=1S/C10H12N4/c11-9(10-7-12-14-13-10)6-8-4-2-1-3-5-8/h1-5,7,9H,6,11H2,(H,12,13,14). The normalized spacial score (nSPS) is 12.6. The van der Waals surface area contributed by atoms with Crippen molar-refractivity contribution in [1.82, 2.24) is 15.4 Å². The summed E-state index contributed by atoms with van der Waals surface area (Å²) in [5.74, 6) is 0. The lowest BCUT2D eigenvalue weighted by Crippen LogP contribution is -2.13. The Bertz CT molecular complexity index is 368. The van der Waals surface area contributed by atoms with Crippen molar-refractivity contribution in [3.05, 3.63) is 47.8 Å². The second-order valence-corrected chi connectivity index (χ2v) is 3.19. The molecule has 0 amide bonds. The lowest BCUT2D eigenvalue weighted by molar-refractivity contribution is 0.691. The van der Waals surface area contributed by atoms with Crippen LogP contribution in [0, 0.1) is 0 Å². The van der Waals surface area contributed by atoms with Crippen LogP contribution in [0.5, 0.6) is 0 Å². The van der Waals surface area contributed by atoms with Gasteiger partial charge in [-0.05, 0) is 12.0 Å². The first kappa shape index (κ1) is 8.90. The van der Waals surface area contributed by atoms with Gasteiger partial charge >= 0.3 is 0 Å². The first-order chi connectivity index (χ1) is 6.86. The lowest BCUT2D eigenvalue weighted by Gasteiger charge is -2.07. The van der Waals surface area contributed by atoms with Gasteiger partial charge in [-0.1, -0.05) is 30.3 Å². The van der Waals surface area contributed by atoms with Gasteiger partial charge in [-0.15, -0.1) is 0 Å². The Morgan fingerprint density at radius 2 is 2.07 bits per heavy atom. The van der Waals surface area contributed by atoms with E-state index in [0.717, 1.165) is 12.1 Å². The van der Waals surface area contributed by atoms with Gasteiger partial charge in [-0.2, -0.15) is 15.4 Å². The zero-order chi connectivity index (χ0) is 9.80. The third-order valence-electron chi connectivity index (χ3n) is 2.11. The third-order valence-corrected chi connectivity index (χ3v) is 2.11. The molecule has 0 aliphatic carbocycles. The summed E-state index contributed by atoms with van der Waals surface area (Å²) in [5.41, 5.74) is 7.96. The van der Waals surface area contributed by atoms with Crippen molar-refractivity contribution >= 4 is 0 Å². The van der Waals surface area contributed by atoms with Gasteiger partial charge in [-0.3, -0.25) is 0 Å². The number of nitrogens with one attached hydrogen (secondary N) is 1. The van der Waals surface area contributed by atoms with Crippen molar-refractivity contribution in [3.63, 3.8) is 0 Å². The highest BCUT2D eigenvalue weighted by Crippen LogP contribution is 2.11. The molecule has 1 heterocycles. The summed E-state index contributed by atoms with van der Waals surface area (Å²) < 4.78 is 0. The number of aromatic nitrogens is 3. The number of aromatic amines is 1. The zero-order valence-corrected chi connectivity index (χ0v) is 7.72. The minimum absolute atomic E-state index is 0.0869. The number of benzene rings is 1. The maximum absolute atomic E-state index is 5.95. The van der Waals surface area contributed by atoms with Crippen LogP contribution in [0.1, 0.15) is 17.3 Å². The summed E-state index contributed by atoms with van der Waals surface area (Å²) in [5, 5.41) is 10.2. The monoisotopic (exact) mass is 188 g/mol. The van der Waals surface area contributed by atoms with E-state index in [1.807, 2.05) is 18.2 Å². The second-order valence-electron chi connectivity index (χ2n) is 3.19. The van der Waals surface area contributed by atoms with E-state index in [0.29, 0.717) is 0 Å². The molecule has 0 fully saturated rings. The molecule has 1 atom stereocenters. The highest BCUT2D eigenvalue weighted by atomic mass is 15.3. The van der Waals surface area contributed by atoms with Gasteiger partial charge in [-0.25, -0.2) is 0 Å². The topological polar surface area (TPSA) is 67.6 Å². The molecule has 14 heavy (non-hydrogen) atoms. The number of hydrogen-bond donors (Lipinski definition) is 2. The predicted molar refractivity (Wildman–Crippen MR) is 53.5 cm³/mol. The van der Waals surface area contributed by atoms with E-state index in [4.69, 9.17) is 5.73 Å². The van der Waals surface area contributed by atoms with Gasteiger partial charge < -0.3 is 5.73 Å². The summed E-state index contributed by atoms with van der Waals surface area (Å²) >= 11 is 0. The van der Waals surface area contributed by atoms with E-state index in [1.165, 1.54) is 5.56 Å². The number of nitrogens with zero attached hydrogens (tertiary/aromatic N) is 2. The Labute approximate surface area is 82.1 Å². The number of nitrogens with two attached hydrogens (primary N) is 1. The molecule has 0 saturated carbocycles. The molecule has 2 aromatic rings. The van der Waals surface area contributed by atoms with Crippen LogP contribution >= 0.6 is 0 Å². The molecule has 72 valence electrons. The highest BCUT2D eigenvalue weighted by Gasteiger charge is 2.08. The van der Waals surface area contributed by atoms with Gasteiger partial charge in [0, 0.05) is 0 Å². The van der Waals surface area contributed by atoms with Gasteiger partial charge in [0.15, 0.2) is 0 Å². The Balaban J connectivity index is 2.06. The molecule has 1 aromatic heterocycles. The van der Waals surface area contributed by atoms with Crippen LogP contribution < -0.4 is 5.73 Å². The second kappa shape index (κ2) is 4.02. The molecule has 1 aromatic carbocycles. The minimum atomic E-state index is -0.0869. The molecule has 0 saturated heterocycles. The minimum Gasteiger partial charge on any atom is -0.322 e. The van der Waals surface area contributed by atoms with Gasteiger partial charge in [0.1, 0.15) is 0 Å². The molecule has 0 aliphatic rings. The van der Waals surface area contributed by atoms with Crippen LogP contribution in [0.25, 0.3) is 0 Å². The van der Waals surface area contributed by atoms with Crippen molar-refractivity contribution in [3.8, 4) is 0 Å². The van der Waals surface area contributed by atoms with Gasteiger partial charge in [0.25, 0.3) is 0 Å². The molecule has 0 bridgehead atoms. The summed E-state index contributed by atoms with van der Waals surface area (Å²) in [6.45, 7) is 0. The smallest absolute Gasteiger partial charge is 0.0995 e.